The zero-order valence-corrected chi connectivity index (χ0v) is 20.2. The Morgan fingerprint density at radius 3 is 2.38 bits per heavy atom. The topological polar surface area (TPSA) is 96.9 Å². The van der Waals surface area contributed by atoms with Gasteiger partial charge in [0.25, 0.3) is 0 Å². The number of nitrogens with one attached hydrogen (secondary N) is 2. The number of methoxy groups -OCH3 is 2. The number of aliphatic hydroxyl groups excluding tert-OH is 1. The number of aliphatic hydroxyl groups is 1. The zero-order valence-electron chi connectivity index (χ0n) is 17.2. The summed E-state index contributed by atoms with van der Waals surface area (Å²) >= 11 is 1.89. The van der Waals surface area contributed by atoms with Gasteiger partial charge in [0, 0.05) is 16.7 Å². The van der Waals surface area contributed by atoms with E-state index in [4.69, 9.17) is 9.47 Å². The van der Waals surface area contributed by atoms with Gasteiger partial charge in [-0.15, -0.1) is 0 Å². The predicted molar refractivity (Wildman–Crippen MR) is 122 cm³/mol. The molecule has 1 aliphatic carbocycles. The number of anilines is 3. The molecule has 0 spiro atoms. The first-order valence-corrected chi connectivity index (χ1v) is 12.1. The fourth-order valence-electron chi connectivity index (χ4n) is 3.31. The largest absolute Gasteiger partial charge is 0.494 e. The van der Waals surface area contributed by atoms with Crippen molar-refractivity contribution in [2.75, 3.05) is 30.9 Å². The number of hydrogen-bond donors (Lipinski definition) is 3. The number of hydrogen-bond acceptors (Lipinski definition) is 6. The highest BCUT2D eigenvalue weighted by atomic mass is 127. The first-order valence-electron chi connectivity index (χ1n) is 9.51. The molecule has 1 atom stereocenters. The van der Waals surface area contributed by atoms with Gasteiger partial charge < -0.3 is 19.9 Å². The van der Waals surface area contributed by atoms with Crippen molar-refractivity contribution in [1.82, 2.24) is 0 Å². The van der Waals surface area contributed by atoms with Crippen LogP contribution < -0.4 is 14.8 Å². The standard InChI is InChI=1S/C20H22F3IN2O5S/c1-30-12(10-27)9-20(5-6-20)32(28,29)26-18-16(31-2)8-14(22)17(23)19(18)25-15-4-3-11(24)7-13(15)21/h3-4,7-8,12,25-27H,5-6,9-10H2,1-2H3/t12-/m1/s1. The smallest absolute Gasteiger partial charge is 0.238 e. The number of benzene rings is 2. The Morgan fingerprint density at radius 1 is 1.16 bits per heavy atom. The minimum Gasteiger partial charge on any atom is -0.494 e. The molecule has 12 heteroatoms. The minimum absolute atomic E-state index is 0.00976. The number of halogens is 4. The molecule has 1 aliphatic rings. The Morgan fingerprint density at radius 2 is 1.84 bits per heavy atom. The van der Waals surface area contributed by atoms with E-state index >= 15 is 0 Å². The molecule has 32 heavy (non-hydrogen) atoms. The van der Waals surface area contributed by atoms with Gasteiger partial charge in [-0.1, -0.05) is 0 Å². The zero-order chi connectivity index (χ0) is 23.7. The van der Waals surface area contributed by atoms with Gasteiger partial charge >= 0.3 is 0 Å². The van der Waals surface area contributed by atoms with E-state index in [1.54, 1.807) is 6.07 Å². The number of ether oxygens (including phenoxy) is 2. The van der Waals surface area contributed by atoms with Crippen LogP contribution in [0.4, 0.5) is 30.2 Å². The summed E-state index contributed by atoms with van der Waals surface area (Å²) < 4.78 is 81.6. The second-order valence-electron chi connectivity index (χ2n) is 7.41. The van der Waals surface area contributed by atoms with E-state index in [0.717, 1.165) is 0 Å². The summed E-state index contributed by atoms with van der Waals surface area (Å²) in [6.07, 6.45) is -0.110. The third kappa shape index (κ3) is 4.92. The van der Waals surface area contributed by atoms with E-state index < -0.39 is 49.7 Å². The van der Waals surface area contributed by atoms with Crippen molar-refractivity contribution in [3.8, 4) is 5.75 Å². The molecule has 1 saturated carbocycles. The van der Waals surface area contributed by atoms with Crippen molar-refractivity contribution in [1.29, 1.82) is 0 Å². The van der Waals surface area contributed by atoms with Crippen LogP contribution in [0, 0.1) is 21.0 Å². The van der Waals surface area contributed by atoms with Gasteiger partial charge in [-0.25, -0.2) is 21.6 Å². The van der Waals surface area contributed by atoms with Crippen molar-refractivity contribution in [3.05, 3.63) is 45.3 Å². The average Bonchev–Trinajstić information content (AvgIpc) is 3.54. The fraction of sp³-hybridized carbons (Fsp3) is 0.400. The second kappa shape index (κ2) is 9.61. The van der Waals surface area contributed by atoms with E-state index in [0.29, 0.717) is 22.5 Å². The van der Waals surface area contributed by atoms with Crippen LogP contribution in [0.15, 0.2) is 24.3 Å². The van der Waals surface area contributed by atoms with Crippen LogP contribution in [0.25, 0.3) is 0 Å². The van der Waals surface area contributed by atoms with Gasteiger partial charge in [0.2, 0.25) is 10.0 Å². The molecular formula is C20H22F3IN2O5S. The highest BCUT2D eigenvalue weighted by molar-refractivity contribution is 14.1. The molecular weight excluding hydrogens is 564 g/mol. The molecule has 0 heterocycles. The molecule has 3 rings (SSSR count). The molecule has 0 amide bonds. The summed E-state index contributed by atoms with van der Waals surface area (Å²) in [4.78, 5) is 0. The molecule has 0 aliphatic heterocycles. The van der Waals surface area contributed by atoms with Gasteiger partial charge in [-0.3, -0.25) is 4.72 Å². The maximum atomic E-state index is 14.8. The number of rotatable bonds is 10. The Kier molecular flexibility index (Phi) is 7.47. The third-order valence-corrected chi connectivity index (χ3v) is 8.20. The average molecular weight is 586 g/mol. The lowest BCUT2D eigenvalue weighted by Gasteiger charge is -2.24. The summed E-state index contributed by atoms with van der Waals surface area (Å²) in [7, 11) is -1.64. The Balaban J connectivity index is 2.04. The van der Waals surface area contributed by atoms with Crippen LogP contribution in [-0.2, 0) is 14.8 Å². The summed E-state index contributed by atoms with van der Waals surface area (Å²) in [5.74, 6) is -3.74. The van der Waals surface area contributed by atoms with E-state index in [9.17, 15) is 26.7 Å². The van der Waals surface area contributed by atoms with Crippen molar-refractivity contribution in [3.63, 3.8) is 0 Å². The lowest BCUT2D eigenvalue weighted by Crippen LogP contribution is -2.35. The van der Waals surface area contributed by atoms with Crippen LogP contribution in [0.5, 0.6) is 5.75 Å². The van der Waals surface area contributed by atoms with Crippen molar-refractivity contribution in [2.24, 2.45) is 0 Å². The van der Waals surface area contributed by atoms with E-state index in [2.05, 4.69) is 10.0 Å². The third-order valence-electron chi connectivity index (χ3n) is 5.34. The highest BCUT2D eigenvalue weighted by Gasteiger charge is 2.56. The Hall–Kier alpha value is -1.77. The Labute approximate surface area is 197 Å². The Bertz CT molecular complexity index is 1110. The fourth-order valence-corrected chi connectivity index (χ4v) is 5.50. The maximum absolute atomic E-state index is 14.8. The second-order valence-corrected chi connectivity index (χ2v) is 10.7. The molecule has 7 nitrogen and oxygen atoms in total. The summed E-state index contributed by atoms with van der Waals surface area (Å²) in [6, 6.07) is 4.75. The van der Waals surface area contributed by atoms with Gasteiger partial charge in [0.1, 0.15) is 22.9 Å². The highest BCUT2D eigenvalue weighted by Crippen LogP contribution is 2.50. The van der Waals surface area contributed by atoms with Gasteiger partial charge in [-0.2, -0.15) is 0 Å². The predicted octanol–water partition coefficient (Wildman–Crippen LogP) is 4.13. The molecule has 0 aromatic heterocycles. The van der Waals surface area contributed by atoms with Crippen LogP contribution >= 0.6 is 22.6 Å². The molecule has 1 fully saturated rings. The molecule has 2 aromatic carbocycles. The molecule has 176 valence electrons. The quantitative estimate of drug-likeness (QED) is 0.363. The molecule has 2 aromatic rings. The summed E-state index contributed by atoms with van der Waals surface area (Å²) in [5.41, 5.74) is -1.20. The molecule has 0 saturated heterocycles. The SMILES string of the molecule is COc1cc(F)c(F)c(Nc2ccc(I)cc2F)c1NS(=O)(=O)C1(C[C@H](CO)OC)CC1. The summed E-state index contributed by atoms with van der Waals surface area (Å²) in [6.45, 7) is -0.374. The first kappa shape index (κ1) is 24.9. The van der Waals surface area contributed by atoms with Crippen LogP contribution in [-0.4, -0.2) is 45.2 Å². The van der Waals surface area contributed by atoms with Crippen LogP contribution in [0.2, 0.25) is 0 Å². The van der Waals surface area contributed by atoms with E-state index in [1.807, 2.05) is 22.6 Å². The van der Waals surface area contributed by atoms with Crippen molar-refractivity contribution in [2.45, 2.75) is 30.1 Å². The van der Waals surface area contributed by atoms with E-state index in [-0.39, 0.29) is 24.5 Å². The summed E-state index contributed by atoms with van der Waals surface area (Å²) in [5, 5.41) is 11.8. The van der Waals surface area contributed by atoms with Gasteiger partial charge in [-0.05, 0) is 60.1 Å². The lowest BCUT2D eigenvalue weighted by molar-refractivity contribution is 0.0413. The van der Waals surface area contributed by atoms with Crippen LogP contribution in [0.1, 0.15) is 19.3 Å². The van der Waals surface area contributed by atoms with Crippen molar-refractivity contribution >= 4 is 49.7 Å². The first-order chi connectivity index (χ1) is 15.1. The minimum atomic E-state index is -4.16. The lowest BCUT2D eigenvalue weighted by atomic mass is 10.2. The van der Waals surface area contributed by atoms with E-state index in [1.165, 1.54) is 26.4 Å². The monoisotopic (exact) mass is 586 g/mol. The van der Waals surface area contributed by atoms with Crippen LogP contribution in [0.3, 0.4) is 0 Å². The molecule has 0 radical (unpaired) electrons. The van der Waals surface area contributed by atoms with Gasteiger partial charge in [0.05, 0.1) is 30.3 Å². The van der Waals surface area contributed by atoms with Crippen molar-refractivity contribution < 1.29 is 36.2 Å². The molecule has 0 bridgehead atoms. The van der Waals surface area contributed by atoms with Gasteiger partial charge in [0.15, 0.2) is 11.6 Å². The molecule has 0 unspecified atom stereocenters. The maximum Gasteiger partial charge on any atom is 0.238 e. The normalized spacial score (nSPS) is 15.8. The number of sulfonamides is 1. The molecule has 3 N–H and O–H groups in total.